The number of H-pyrrole nitrogens is 1. The molecule has 4 aromatic rings. The van der Waals surface area contributed by atoms with Crippen LogP contribution < -0.4 is 5.56 Å². The Labute approximate surface area is 117 Å². The van der Waals surface area contributed by atoms with Crippen LogP contribution in [0.2, 0.25) is 5.15 Å². The van der Waals surface area contributed by atoms with Crippen molar-refractivity contribution < 1.29 is 0 Å². The molecule has 0 atom stereocenters. The Bertz CT molecular complexity index is 909. The molecule has 0 aliphatic heterocycles. The standard InChI is InChI=1S/C6H4ClN3.C6H5N3O/c7-6-5-2-1-3-10(5)9-4-8-6;10-6-5-2-1-3-9(5)8-4-7-6/h1-4H;1-4H,(H,7,8,10). The zero-order valence-electron chi connectivity index (χ0n) is 10.1. The highest BCUT2D eigenvalue weighted by molar-refractivity contribution is 6.32. The second-order valence-electron chi connectivity index (χ2n) is 3.84. The molecule has 0 fully saturated rings. The van der Waals surface area contributed by atoms with Gasteiger partial charge in [0, 0.05) is 12.4 Å². The summed E-state index contributed by atoms with van der Waals surface area (Å²) in [5.74, 6) is 0. The Hall–Kier alpha value is -2.67. The van der Waals surface area contributed by atoms with Gasteiger partial charge in [-0.3, -0.25) is 4.79 Å². The predicted molar refractivity (Wildman–Crippen MR) is 73.8 cm³/mol. The van der Waals surface area contributed by atoms with Crippen LogP contribution in [0.25, 0.3) is 11.0 Å². The zero-order valence-corrected chi connectivity index (χ0v) is 10.9. The summed E-state index contributed by atoms with van der Waals surface area (Å²) < 4.78 is 3.20. The Balaban J connectivity index is 0.000000121. The summed E-state index contributed by atoms with van der Waals surface area (Å²) in [5, 5.41) is 8.27. The molecule has 0 aromatic carbocycles. The molecule has 0 amide bonds. The highest BCUT2D eigenvalue weighted by Crippen LogP contribution is 2.11. The number of aromatic amines is 1. The molecule has 4 aromatic heterocycles. The van der Waals surface area contributed by atoms with Gasteiger partial charge in [-0.1, -0.05) is 11.6 Å². The van der Waals surface area contributed by atoms with Gasteiger partial charge in [-0.2, -0.15) is 10.2 Å². The lowest BCUT2D eigenvalue weighted by Crippen LogP contribution is -2.09. The summed E-state index contributed by atoms with van der Waals surface area (Å²) in [6, 6.07) is 7.22. The third-order valence-corrected chi connectivity index (χ3v) is 2.92. The molecule has 0 aliphatic carbocycles. The highest BCUT2D eigenvalue weighted by Gasteiger charge is 1.96. The maximum atomic E-state index is 10.9. The van der Waals surface area contributed by atoms with Gasteiger partial charge < -0.3 is 4.98 Å². The quantitative estimate of drug-likeness (QED) is 0.530. The van der Waals surface area contributed by atoms with E-state index in [0.717, 1.165) is 5.52 Å². The van der Waals surface area contributed by atoms with Crippen LogP contribution >= 0.6 is 11.6 Å². The molecule has 0 aliphatic rings. The van der Waals surface area contributed by atoms with E-state index in [1.807, 2.05) is 18.3 Å². The van der Waals surface area contributed by atoms with E-state index in [0.29, 0.717) is 10.7 Å². The fraction of sp³-hybridized carbons (Fsp3) is 0. The molecule has 1 N–H and O–H groups in total. The van der Waals surface area contributed by atoms with Gasteiger partial charge in [0.05, 0.1) is 0 Å². The van der Waals surface area contributed by atoms with Crippen molar-refractivity contribution in [1.82, 2.24) is 29.2 Å². The first-order valence-corrected chi connectivity index (χ1v) is 6.08. The fourth-order valence-electron chi connectivity index (χ4n) is 1.71. The lowest BCUT2D eigenvalue weighted by Gasteiger charge is -1.91. The van der Waals surface area contributed by atoms with E-state index in [1.54, 1.807) is 22.8 Å². The largest absolute Gasteiger partial charge is 0.310 e. The zero-order chi connectivity index (χ0) is 13.9. The van der Waals surface area contributed by atoms with Gasteiger partial charge >= 0.3 is 0 Å². The van der Waals surface area contributed by atoms with Crippen molar-refractivity contribution in [3.63, 3.8) is 0 Å². The molecule has 4 rings (SSSR count). The minimum atomic E-state index is -0.111. The molecule has 0 bridgehead atoms. The van der Waals surface area contributed by atoms with E-state index < -0.39 is 0 Å². The monoisotopic (exact) mass is 288 g/mol. The van der Waals surface area contributed by atoms with Gasteiger partial charge in [0.15, 0.2) is 5.15 Å². The number of rotatable bonds is 0. The van der Waals surface area contributed by atoms with Crippen LogP contribution in [0.4, 0.5) is 0 Å². The van der Waals surface area contributed by atoms with E-state index in [2.05, 4.69) is 20.2 Å². The summed E-state index contributed by atoms with van der Waals surface area (Å²) in [5.41, 5.74) is 1.30. The molecule has 0 spiro atoms. The Kier molecular flexibility index (Phi) is 3.18. The second-order valence-corrected chi connectivity index (χ2v) is 4.20. The number of halogens is 1. The van der Waals surface area contributed by atoms with Gasteiger partial charge in [-0.15, -0.1) is 0 Å². The summed E-state index contributed by atoms with van der Waals surface area (Å²) in [7, 11) is 0. The number of nitrogens with one attached hydrogen (secondary N) is 1. The molecule has 4 heterocycles. The van der Waals surface area contributed by atoms with Crippen molar-refractivity contribution in [2.24, 2.45) is 0 Å². The molecule has 100 valence electrons. The van der Waals surface area contributed by atoms with Crippen LogP contribution in [0.15, 0.2) is 54.1 Å². The number of nitrogens with zero attached hydrogens (tertiary/aromatic N) is 5. The maximum Gasteiger partial charge on any atom is 0.275 e. The third kappa shape index (κ3) is 2.26. The van der Waals surface area contributed by atoms with E-state index in [-0.39, 0.29) is 5.56 Å². The summed E-state index contributed by atoms with van der Waals surface area (Å²) in [4.78, 5) is 17.2. The Morgan fingerprint density at radius 3 is 2.45 bits per heavy atom. The molecule has 8 heteroatoms. The number of aromatic nitrogens is 6. The van der Waals surface area contributed by atoms with Crippen molar-refractivity contribution in [3.8, 4) is 0 Å². The van der Waals surface area contributed by atoms with E-state index in [4.69, 9.17) is 11.6 Å². The van der Waals surface area contributed by atoms with Crippen LogP contribution in [0.1, 0.15) is 0 Å². The van der Waals surface area contributed by atoms with E-state index in [1.165, 1.54) is 17.2 Å². The lowest BCUT2D eigenvalue weighted by molar-refractivity contribution is 0.889. The van der Waals surface area contributed by atoms with Crippen molar-refractivity contribution in [3.05, 3.63) is 64.8 Å². The molecule has 0 saturated carbocycles. The van der Waals surface area contributed by atoms with Crippen molar-refractivity contribution in [2.75, 3.05) is 0 Å². The summed E-state index contributed by atoms with van der Waals surface area (Å²) >= 11 is 5.73. The first kappa shape index (κ1) is 12.4. The summed E-state index contributed by atoms with van der Waals surface area (Å²) in [6.07, 6.45) is 6.35. The molecule has 0 unspecified atom stereocenters. The Morgan fingerprint density at radius 1 is 1.05 bits per heavy atom. The van der Waals surface area contributed by atoms with Gasteiger partial charge in [0.2, 0.25) is 0 Å². The van der Waals surface area contributed by atoms with Crippen LogP contribution in [0.5, 0.6) is 0 Å². The molecule has 20 heavy (non-hydrogen) atoms. The van der Waals surface area contributed by atoms with Crippen LogP contribution in [-0.4, -0.2) is 29.2 Å². The first-order chi connectivity index (χ1) is 9.75. The predicted octanol–water partition coefficient (Wildman–Crippen LogP) is 1.41. The van der Waals surface area contributed by atoms with Crippen LogP contribution in [0, 0.1) is 0 Å². The minimum Gasteiger partial charge on any atom is -0.310 e. The molecule has 7 nitrogen and oxygen atoms in total. The van der Waals surface area contributed by atoms with Gasteiger partial charge in [0.25, 0.3) is 5.56 Å². The average Bonchev–Trinajstić information content (AvgIpc) is 3.08. The third-order valence-electron chi connectivity index (χ3n) is 2.63. The molecule has 0 saturated heterocycles. The second kappa shape index (κ2) is 5.14. The Morgan fingerprint density at radius 2 is 1.75 bits per heavy atom. The normalized spacial score (nSPS) is 10.4. The summed E-state index contributed by atoms with van der Waals surface area (Å²) in [6.45, 7) is 0. The number of hydrogen-bond donors (Lipinski definition) is 1. The number of fused-ring (bicyclic) bond motifs is 2. The van der Waals surface area contributed by atoms with Crippen molar-refractivity contribution in [1.29, 1.82) is 0 Å². The molecule has 0 radical (unpaired) electrons. The maximum absolute atomic E-state index is 10.9. The van der Waals surface area contributed by atoms with Crippen LogP contribution in [-0.2, 0) is 0 Å². The molecular formula is C12H9ClN6O. The van der Waals surface area contributed by atoms with E-state index >= 15 is 0 Å². The average molecular weight is 289 g/mol. The van der Waals surface area contributed by atoms with Crippen molar-refractivity contribution >= 4 is 22.6 Å². The topological polar surface area (TPSA) is 80.3 Å². The van der Waals surface area contributed by atoms with Crippen molar-refractivity contribution in [2.45, 2.75) is 0 Å². The highest BCUT2D eigenvalue weighted by atomic mass is 35.5. The fourth-order valence-corrected chi connectivity index (χ4v) is 1.90. The smallest absolute Gasteiger partial charge is 0.275 e. The lowest BCUT2D eigenvalue weighted by atomic mass is 10.5. The minimum absolute atomic E-state index is 0.111. The van der Waals surface area contributed by atoms with E-state index in [9.17, 15) is 4.79 Å². The van der Waals surface area contributed by atoms with Gasteiger partial charge in [-0.05, 0) is 24.3 Å². The van der Waals surface area contributed by atoms with Crippen LogP contribution in [0.3, 0.4) is 0 Å². The molecular weight excluding hydrogens is 280 g/mol. The van der Waals surface area contributed by atoms with Gasteiger partial charge in [-0.25, -0.2) is 14.0 Å². The first-order valence-electron chi connectivity index (χ1n) is 5.70. The van der Waals surface area contributed by atoms with Gasteiger partial charge in [0.1, 0.15) is 23.7 Å². The SMILES string of the molecule is Clc1ncnn2cccc12.O=c1[nH]cnn2cccc12. The number of hydrogen-bond acceptors (Lipinski definition) is 4.